The molecule has 0 bridgehead atoms. The Morgan fingerprint density at radius 3 is 2.36 bits per heavy atom. The number of carbonyl (C=O) groups is 2. The summed E-state index contributed by atoms with van der Waals surface area (Å²) in [7, 11) is 0. The SMILES string of the molecule is CCOC(=O)CCCCCCNC(=O)N[C@@H](c1ccccc1)C(C)C. The fourth-order valence-electron chi connectivity index (χ4n) is 2.67. The summed E-state index contributed by atoms with van der Waals surface area (Å²) in [6.45, 7) is 7.10. The van der Waals surface area contributed by atoms with Crippen molar-refractivity contribution in [2.24, 2.45) is 5.92 Å². The van der Waals surface area contributed by atoms with Crippen molar-refractivity contribution in [3.8, 4) is 0 Å². The average molecular weight is 348 g/mol. The van der Waals surface area contributed by atoms with Crippen LogP contribution in [0.1, 0.15) is 64.5 Å². The third-order valence-corrected chi connectivity index (χ3v) is 4.01. The highest BCUT2D eigenvalue weighted by Gasteiger charge is 2.17. The fraction of sp³-hybridized carbons (Fsp3) is 0.600. The van der Waals surface area contributed by atoms with Gasteiger partial charge in [0.05, 0.1) is 12.6 Å². The van der Waals surface area contributed by atoms with E-state index in [4.69, 9.17) is 4.74 Å². The van der Waals surface area contributed by atoms with Crippen LogP contribution in [0.25, 0.3) is 0 Å². The number of hydrogen-bond donors (Lipinski definition) is 2. The first kappa shape index (κ1) is 21.0. The van der Waals surface area contributed by atoms with Gasteiger partial charge in [0.15, 0.2) is 0 Å². The highest BCUT2D eigenvalue weighted by atomic mass is 16.5. The van der Waals surface area contributed by atoms with Gasteiger partial charge in [0, 0.05) is 13.0 Å². The first-order valence-electron chi connectivity index (χ1n) is 9.29. The van der Waals surface area contributed by atoms with Crippen LogP contribution in [0.2, 0.25) is 0 Å². The largest absolute Gasteiger partial charge is 0.466 e. The monoisotopic (exact) mass is 348 g/mol. The van der Waals surface area contributed by atoms with Crippen molar-refractivity contribution in [1.82, 2.24) is 10.6 Å². The Balaban J connectivity index is 2.18. The lowest BCUT2D eigenvalue weighted by Crippen LogP contribution is -2.40. The molecule has 5 heteroatoms. The van der Waals surface area contributed by atoms with Crippen LogP contribution in [0.15, 0.2) is 30.3 Å². The van der Waals surface area contributed by atoms with Crippen LogP contribution in [0.5, 0.6) is 0 Å². The second-order valence-electron chi connectivity index (χ2n) is 6.50. The zero-order chi connectivity index (χ0) is 18.5. The molecule has 0 unspecified atom stereocenters. The Kier molecular flexibility index (Phi) is 10.4. The maximum Gasteiger partial charge on any atom is 0.315 e. The van der Waals surface area contributed by atoms with Gasteiger partial charge in [0.25, 0.3) is 0 Å². The Hall–Kier alpha value is -2.04. The number of carbonyl (C=O) groups excluding carboxylic acids is 2. The van der Waals surface area contributed by atoms with Crippen molar-refractivity contribution < 1.29 is 14.3 Å². The van der Waals surface area contributed by atoms with E-state index in [2.05, 4.69) is 24.5 Å². The summed E-state index contributed by atoms with van der Waals surface area (Å²) in [6.07, 6.45) is 4.20. The molecule has 2 amide bonds. The van der Waals surface area contributed by atoms with Crippen LogP contribution in [0.3, 0.4) is 0 Å². The normalized spacial score (nSPS) is 11.8. The second kappa shape index (κ2) is 12.3. The predicted octanol–water partition coefficient (Wildman–Crippen LogP) is 4.20. The molecule has 0 radical (unpaired) electrons. The molecule has 1 aromatic rings. The van der Waals surface area contributed by atoms with Gasteiger partial charge in [0.1, 0.15) is 0 Å². The second-order valence-corrected chi connectivity index (χ2v) is 6.50. The lowest BCUT2D eigenvalue weighted by molar-refractivity contribution is -0.143. The Labute approximate surface area is 151 Å². The molecule has 0 aliphatic heterocycles. The Bertz CT molecular complexity index is 503. The zero-order valence-electron chi connectivity index (χ0n) is 15.7. The molecule has 140 valence electrons. The number of nitrogens with one attached hydrogen (secondary N) is 2. The number of esters is 1. The molecule has 0 aliphatic rings. The molecule has 25 heavy (non-hydrogen) atoms. The molecule has 0 saturated carbocycles. The van der Waals surface area contributed by atoms with E-state index in [9.17, 15) is 9.59 Å². The number of hydrogen-bond acceptors (Lipinski definition) is 3. The number of ether oxygens (including phenoxy) is 1. The zero-order valence-corrected chi connectivity index (χ0v) is 15.7. The summed E-state index contributed by atoms with van der Waals surface area (Å²) < 4.78 is 4.89. The molecule has 5 nitrogen and oxygen atoms in total. The molecule has 1 atom stereocenters. The molecular formula is C20H32N2O3. The van der Waals surface area contributed by atoms with Crippen LogP contribution in [-0.2, 0) is 9.53 Å². The van der Waals surface area contributed by atoms with Crippen LogP contribution < -0.4 is 10.6 Å². The number of urea groups is 1. The van der Waals surface area contributed by atoms with Crippen molar-refractivity contribution >= 4 is 12.0 Å². The summed E-state index contributed by atoms with van der Waals surface area (Å²) in [4.78, 5) is 23.3. The summed E-state index contributed by atoms with van der Waals surface area (Å²) in [5.74, 6) is 0.191. The lowest BCUT2D eigenvalue weighted by Gasteiger charge is -2.23. The van der Waals surface area contributed by atoms with Crippen LogP contribution >= 0.6 is 0 Å². The minimum atomic E-state index is -0.130. The summed E-state index contributed by atoms with van der Waals surface area (Å²) in [5.41, 5.74) is 1.12. The van der Waals surface area contributed by atoms with Crippen LogP contribution in [0.4, 0.5) is 4.79 Å². The minimum Gasteiger partial charge on any atom is -0.466 e. The van der Waals surface area contributed by atoms with Gasteiger partial charge < -0.3 is 15.4 Å². The van der Waals surface area contributed by atoms with E-state index < -0.39 is 0 Å². The van der Waals surface area contributed by atoms with E-state index in [1.807, 2.05) is 37.3 Å². The Morgan fingerprint density at radius 1 is 1.04 bits per heavy atom. The number of benzene rings is 1. The first-order chi connectivity index (χ1) is 12.0. The first-order valence-corrected chi connectivity index (χ1v) is 9.29. The molecule has 2 N–H and O–H groups in total. The third kappa shape index (κ3) is 9.13. The van der Waals surface area contributed by atoms with Crippen molar-refractivity contribution in [2.75, 3.05) is 13.2 Å². The lowest BCUT2D eigenvalue weighted by atomic mass is 9.96. The highest BCUT2D eigenvalue weighted by molar-refractivity contribution is 5.74. The fourth-order valence-corrected chi connectivity index (χ4v) is 2.67. The minimum absolute atomic E-state index is 0.00535. The van der Waals surface area contributed by atoms with Gasteiger partial charge in [-0.05, 0) is 31.2 Å². The summed E-state index contributed by atoms with van der Waals surface area (Å²) in [6, 6.07) is 9.90. The molecule has 0 fully saturated rings. The smallest absolute Gasteiger partial charge is 0.315 e. The van der Waals surface area contributed by atoms with Gasteiger partial charge in [-0.2, -0.15) is 0 Å². The van der Waals surface area contributed by atoms with E-state index in [1.165, 1.54) is 0 Å². The Morgan fingerprint density at radius 2 is 1.72 bits per heavy atom. The summed E-state index contributed by atoms with van der Waals surface area (Å²) >= 11 is 0. The van der Waals surface area contributed by atoms with Crippen molar-refractivity contribution in [3.05, 3.63) is 35.9 Å². The molecule has 0 saturated heterocycles. The average Bonchev–Trinajstić information content (AvgIpc) is 2.59. The van der Waals surface area contributed by atoms with E-state index >= 15 is 0 Å². The molecule has 0 aliphatic carbocycles. The third-order valence-electron chi connectivity index (χ3n) is 4.01. The van der Waals surface area contributed by atoms with Gasteiger partial charge in [-0.15, -0.1) is 0 Å². The molecule has 0 spiro atoms. The standard InChI is InChI=1S/C20H32N2O3/c1-4-25-18(23)14-10-5-6-11-15-21-20(24)22-19(16(2)3)17-12-8-7-9-13-17/h7-9,12-13,16,19H,4-6,10-11,14-15H2,1-3H3,(H2,21,22,24)/t19-/m1/s1. The number of rotatable bonds is 11. The van der Waals surface area contributed by atoms with E-state index in [-0.39, 0.29) is 18.0 Å². The van der Waals surface area contributed by atoms with Crippen molar-refractivity contribution in [2.45, 2.75) is 58.9 Å². The number of unbranched alkanes of at least 4 members (excludes halogenated alkanes) is 3. The van der Waals surface area contributed by atoms with Crippen molar-refractivity contribution in [3.63, 3.8) is 0 Å². The van der Waals surface area contributed by atoms with Gasteiger partial charge in [0.2, 0.25) is 0 Å². The van der Waals surface area contributed by atoms with E-state index in [1.54, 1.807) is 0 Å². The van der Waals surface area contributed by atoms with Gasteiger partial charge >= 0.3 is 12.0 Å². The topological polar surface area (TPSA) is 67.4 Å². The molecule has 1 rings (SSSR count). The summed E-state index contributed by atoms with van der Waals surface area (Å²) in [5, 5.41) is 5.97. The maximum atomic E-state index is 12.1. The van der Waals surface area contributed by atoms with Crippen molar-refractivity contribution in [1.29, 1.82) is 0 Å². The predicted molar refractivity (Wildman–Crippen MR) is 100 cm³/mol. The molecular weight excluding hydrogens is 316 g/mol. The molecule has 0 aromatic heterocycles. The maximum absolute atomic E-state index is 12.1. The molecule has 1 aromatic carbocycles. The van der Waals surface area contributed by atoms with Gasteiger partial charge in [-0.3, -0.25) is 4.79 Å². The highest BCUT2D eigenvalue weighted by Crippen LogP contribution is 2.20. The van der Waals surface area contributed by atoms with Crippen LogP contribution in [0, 0.1) is 5.92 Å². The van der Waals surface area contributed by atoms with Crippen LogP contribution in [-0.4, -0.2) is 25.2 Å². The van der Waals surface area contributed by atoms with E-state index in [0.717, 1.165) is 31.2 Å². The number of amides is 2. The van der Waals surface area contributed by atoms with Gasteiger partial charge in [-0.1, -0.05) is 57.0 Å². The van der Waals surface area contributed by atoms with E-state index in [0.29, 0.717) is 25.5 Å². The quantitative estimate of drug-likeness (QED) is 0.465. The van der Waals surface area contributed by atoms with Gasteiger partial charge in [-0.25, -0.2) is 4.79 Å². The molecule has 0 heterocycles.